The molecule has 2 rings (SSSR count). The molecule has 1 aromatic carbocycles. The van der Waals surface area contributed by atoms with Gasteiger partial charge in [-0.05, 0) is 30.8 Å². The minimum atomic E-state index is 0.312. The summed E-state index contributed by atoms with van der Waals surface area (Å²) in [7, 11) is 0. The van der Waals surface area contributed by atoms with Crippen molar-refractivity contribution in [2.45, 2.75) is 19.9 Å². The number of rotatable bonds is 7. The molecule has 2 aromatic rings. The minimum Gasteiger partial charge on any atom is -0.382 e. The second-order valence-corrected chi connectivity index (χ2v) is 5.07. The molecule has 0 saturated carbocycles. The monoisotopic (exact) mass is 294 g/mol. The Morgan fingerprint density at radius 2 is 1.86 bits per heavy atom. The Hall–Kier alpha value is -2.38. The Bertz CT molecular complexity index is 597. The highest BCUT2D eigenvalue weighted by Crippen LogP contribution is 2.21. The summed E-state index contributed by atoms with van der Waals surface area (Å²) in [5, 5.41) is 12.2. The second kappa shape index (κ2) is 8.16. The third-order valence-corrected chi connectivity index (χ3v) is 3.82. The number of benzene rings is 1. The zero-order valence-electron chi connectivity index (χ0n) is 13.2. The van der Waals surface area contributed by atoms with Crippen molar-refractivity contribution in [3.05, 3.63) is 59.9 Å². The maximum atomic E-state index is 8.79. The van der Waals surface area contributed by atoms with Gasteiger partial charge in [0.1, 0.15) is 11.8 Å². The molecule has 0 spiro atoms. The summed E-state index contributed by atoms with van der Waals surface area (Å²) in [6.45, 7) is 7.18. The van der Waals surface area contributed by atoms with Gasteiger partial charge in [-0.3, -0.25) is 4.90 Å². The molecule has 1 aromatic heterocycles. The van der Waals surface area contributed by atoms with Gasteiger partial charge in [0.05, 0.1) is 17.9 Å². The number of anilines is 1. The van der Waals surface area contributed by atoms with Crippen LogP contribution in [-0.4, -0.2) is 29.5 Å². The summed E-state index contributed by atoms with van der Waals surface area (Å²) in [4.78, 5) is 6.53. The predicted octanol–water partition coefficient (Wildman–Crippen LogP) is 3.45. The van der Waals surface area contributed by atoms with E-state index in [9.17, 15) is 0 Å². The molecule has 0 fully saturated rings. The lowest BCUT2D eigenvalue weighted by atomic mass is 10.0. The first-order valence-electron chi connectivity index (χ1n) is 7.67. The van der Waals surface area contributed by atoms with Crippen LogP contribution in [0.3, 0.4) is 0 Å². The van der Waals surface area contributed by atoms with E-state index in [2.05, 4.69) is 53.3 Å². The zero-order valence-corrected chi connectivity index (χ0v) is 13.2. The lowest BCUT2D eigenvalue weighted by Crippen LogP contribution is -2.33. The number of nitrogens with zero attached hydrogens (tertiary/aromatic N) is 3. The minimum absolute atomic E-state index is 0.312. The molecule has 0 aliphatic heterocycles. The van der Waals surface area contributed by atoms with Crippen molar-refractivity contribution in [3.63, 3.8) is 0 Å². The highest BCUT2D eigenvalue weighted by atomic mass is 15.2. The molecule has 1 N–H and O–H groups in total. The molecule has 1 atom stereocenters. The van der Waals surface area contributed by atoms with Crippen LogP contribution in [0, 0.1) is 11.3 Å². The number of aromatic nitrogens is 1. The third kappa shape index (κ3) is 4.06. The van der Waals surface area contributed by atoms with Crippen LogP contribution < -0.4 is 5.32 Å². The summed E-state index contributed by atoms with van der Waals surface area (Å²) in [5.74, 6) is 0. The van der Waals surface area contributed by atoms with Gasteiger partial charge in [0.2, 0.25) is 0 Å². The Kier molecular flexibility index (Phi) is 5.93. The van der Waals surface area contributed by atoms with Gasteiger partial charge in [-0.2, -0.15) is 5.26 Å². The normalized spacial score (nSPS) is 11.9. The van der Waals surface area contributed by atoms with Gasteiger partial charge in [0.25, 0.3) is 0 Å². The maximum Gasteiger partial charge on any atom is 0.140 e. The van der Waals surface area contributed by atoms with Crippen molar-refractivity contribution in [2.75, 3.05) is 25.0 Å². The average Bonchev–Trinajstić information content (AvgIpc) is 2.60. The van der Waals surface area contributed by atoms with Crippen molar-refractivity contribution in [1.82, 2.24) is 9.88 Å². The van der Waals surface area contributed by atoms with E-state index in [1.165, 1.54) is 5.56 Å². The molecule has 0 amide bonds. The lowest BCUT2D eigenvalue weighted by molar-refractivity contribution is 0.228. The van der Waals surface area contributed by atoms with Gasteiger partial charge in [-0.15, -0.1) is 0 Å². The van der Waals surface area contributed by atoms with Crippen LogP contribution in [0.15, 0.2) is 48.7 Å². The van der Waals surface area contributed by atoms with E-state index in [0.717, 1.165) is 25.3 Å². The molecular formula is C18H22N4. The Morgan fingerprint density at radius 3 is 2.41 bits per heavy atom. The standard InChI is InChI=1S/C18H22N4/c1-3-22(4-2)18(15-8-6-5-7-9-15)14-21-17-11-10-16(12-19)20-13-17/h5-11,13,18,21H,3-4,14H2,1-2H3. The van der Waals surface area contributed by atoms with Crippen molar-refractivity contribution < 1.29 is 0 Å². The van der Waals surface area contributed by atoms with E-state index in [1.807, 2.05) is 18.2 Å². The van der Waals surface area contributed by atoms with Crippen LogP contribution in [0.1, 0.15) is 31.1 Å². The third-order valence-electron chi connectivity index (χ3n) is 3.82. The summed E-state index contributed by atoms with van der Waals surface area (Å²) in [6.07, 6.45) is 1.71. The fourth-order valence-electron chi connectivity index (χ4n) is 2.58. The average molecular weight is 294 g/mol. The van der Waals surface area contributed by atoms with Gasteiger partial charge in [-0.25, -0.2) is 4.98 Å². The topological polar surface area (TPSA) is 52.0 Å². The van der Waals surface area contributed by atoms with E-state index < -0.39 is 0 Å². The molecule has 114 valence electrons. The molecule has 0 aliphatic carbocycles. The van der Waals surface area contributed by atoms with Crippen molar-refractivity contribution >= 4 is 5.69 Å². The summed E-state index contributed by atoms with van der Waals surface area (Å²) in [5.41, 5.74) is 2.68. The zero-order chi connectivity index (χ0) is 15.8. The molecule has 1 unspecified atom stereocenters. The van der Waals surface area contributed by atoms with Gasteiger partial charge in [0, 0.05) is 6.54 Å². The summed E-state index contributed by atoms with van der Waals surface area (Å²) >= 11 is 0. The van der Waals surface area contributed by atoms with E-state index in [-0.39, 0.29) is 0 Å². The number of hydrogen-bond donors (Lipinski definition) is 1. The fraction of sp³-hybridized carbons (Fsp3) is 0.333. The maximum absolute atomic E-state index is 8.79. The van der Waals surface area contributed by atoms with Crippen LogP contribution >= 0.6 is 0 Å². The van der Waals surface area contributed by atoms with Crippen LogP contribution in [0.5, 0.6) is 0 Å². The van der Waals surface area contributed by atoms with Gasteiger partial charge in [0.15, 0.2) is 0 Å². The largest absolute Gasteiger partial charge is 0.382 e. The summed E-state index contributed by atoms with van der Waals surface area (Å²) < 4.78 is 0. The van der Waals surface area contributed by atoms with E-state index >= 15 is 0 Å². The Morgan fingerprint density at radius 1 is 1.14 bits per heavy atom. The van der Waals surface area contributed by atoms with Crippen LogP contribution in [0.25, 0.3) is 0 Å². The van der Waals surface area contributed by atoms with Gasteiger partial charge < -0.3 is 5.32 Å². The number of likely N-dealkylation sites (N-methyl/N-ethyl adjacent to an activating group) is 1. The fourth-order valence-corrected chi connectivity index (χ4v) is 2.58. The first-order valence-corrected chi connectivity index (χ1v) is 7.67. The van der Waals surface area contributed by atoms with Crippen molar-refractivity contribution in [3.8, 4) is 6.07 Å². The van der Waals surface area contributed by atoms with Crippen molar-refractivity contribution in [2.24, 2.45) is 0 Å². The number of nitrogens with one attached hydrogen (secondary N) is 1. The molecule has 22 heavy (non-hydrogen) atoms. The van der Waals surface area contributed by atoms with Crippen LogP contribution in [-0.2, 0) is 0 Å². The Labute approximate surface area is 132 Å². The summed E-state index contributed by atoms with van der Waals surface area (Å²) in [6, 6.07) is 16.5. The SMILES string of the molecule is CCN(CC)C(CNc1ccc(C#N)nc1)c1ccccc1. The second-order valence-electron chi connectivity index (χ2n) is 5.07. The highest BCUT2D eigenvalue weighted by Gasteiger charge is 2.17. The van der Waals surface area contributed by atoms with E-state index in [0.29, 0.717) is 11.7 Å². The smallest absolute Gasteiger partial charge is 0.140 e. The van der Waals surface area contributed by atoms with E-state index in [4.69, 9.17) is 5.26 Å². The Balaban J connectivity index is 2.11. The van der Waals surface area contributed by atoms with Crippen molar-refractivity contribution in [1.29, 1.82) is 5.26 Å². The molecule has 1 heterocycles. The quantitative estimate of drug-likeness (QED) is 0.850. The molecular weight excluding hydrogens is 272 g/mol. The molecule has 0 radical (unpaired) electrons. The first kappa shape index (κ1) is 16.0. The number of pyridine rings is 1. The molecule has 0 saturated heterocycles. The van der Waals surface area contributed by atoms with Gasteiger partial charge in [-0.1, -0.05) is 44.2 Å². The van der Waals surface area contributed by atoms with E-state index in [1.54, 1.807) is 12.3 Å². The molecule has 0 aliphatic rings. The molecule has 0 bridgehead atoms. The van der Waals surface area contributed by atoms with Crippen LogP contribution in [0.4, 0.5) is 5.69 Å². The number of hydrogen-bond acceptors (Lipinski definition) is 4. The van der Waals surface area contributed by atoms with Gasteiger partial charge >= 0.3 is 0 Å². The molecule has 4 nitrogen and oxygen atoms in total. The lowest BCUT2D eigenvalue weighted by Gasteiger charge is -2.30. The number of nitriles is 1. The predicted molar refractivity (Wildman–Crippen MR) is 89.5 cm³/mol. The first-order chi connectivity index (χ1) is 10.8. The van der Waals surface area contributed by atoms with Crippen LogP contribution in [0.2, 0.25) is 0 Å². The highest BCUT2D eigenvalue weighted by molar-refractivity contribution is 5.43. The molecule has 4 heteroatoms.